The maximum Gasteiger partial charge on any atom is 0.434 e. The Morgan fingerprint density at radius 2 is 1.96 bits per heavy atom. The van der Waals surface area contributed by atoms with Crippen LogP contribution in [-0.2, 0) is 17.3 Å². The molecule has 1 aliphatic rings. The minimum Gasteiger partial charge on any atom is -0.372 e. The van der Waals surface area contributed by atoms with Crippen LogP contribution in [-0.4, -0.2) is 35.3 Å². The van der Waals surface area contributed by atoms with E-state index < -0.39 is 11.9 Å². The molecule has 25 heavy (non-hydrogen) atoms. The number of morpholine rings is 1. The molecule has 1 aromatic heterocycles. The van der Waals surface area contributed by atoms with Crippen molar-refractivity contribution in [3.8, 4) is 0 Å². The van der Waals surface area contributed by atoms with E-state index in [1.54, 1.807) is 0 Å². The van der Waals surface area contributed by atoms with E-state index in [1.807, 2.05) is 24.3 Å². The standard InChI is InChI=1S/C17H19F3N4O/c1-16(11-21-6-7-25-16)8-12-2-4-13(5-3-12)24-15-10-22-14(9-23-15)17(18,19)20/h2-5,9-10,21H,6-8,11H2,1H3,(H,23,24)/t16-/m1/s1. The Morgan fingerprint density at radius 3 is 2.52 bits per heavy atom. The lowest BCUT2D eigenvalue weighted by Gasteiger charge is -2.34. The molecule has 2 aromatic rings. The zero-order valence-electron chi connectivity index (χ0n) is 13.7. The van der Waals surface area contributed by atoms with Gasteiger partial charge in [-0.3, -0.25) is 0 Å². The summed E-state index contributed by atoms with van der Waals surface area (Å²) in [5.74, 6) is 0.257. The van der Waals surface area contributed by atoms with E-state index in [9.17, 15) is 13.2 Å². The Kier molecular flexibility index (Phi) is 4.91. The fraction of sp³-hybridized carbons (Fsp3) is 0.412. The van der Waals surface area contributed by atoms with Gasteiger partial charge in [-0.15, -0.1) is 0 Å². The van der Waals surface area contributed by atoms with Crippen molar-refractivity contribution in [2.75, 3.05) is 25.0 Å². The second-order valence-corrected chi connectivity index (χ2v) is 6.26. The molecule has 0 spiro atoms. The van der Waals surface area contributed by atoms with Gasteiger partial charge in [0.25, 0.3) is 0 Å². The molecule has 0 unspecified atom stereocenters. The summed E-state index contributed by atoms with van der Waals surface area (Å²) in [5.41, 5.74) is 0.607. The average molecular weight is 352 g/mol. The van der Waals surface area contributed by atoms with Crippen LogP contribution in [0.4, 0.5) is 24.7 Å². The Hall–Kier alpha value is -2.19. The van der Waals surface area contributed by atoms with Crippen molar-refractivity contribution in [2.24, 2.45) is 0 Å². The van der Waals surface area contributed by atoms with Crippen molar-refractivity contribution in [3.05, 3.63) is 47.9 Å². The zero-order chi connectivity index (χ0) is 17.9. The molecule has 0 bridgehead atoms. The van der Waals surface area contributed by atoms with Gasteiger partial charge in [-0.1, -0.05) is 12.1 Å². The first-order chi connectivity index (χ1) is 11.8. The Morgan fingerprint density at radius 1 is 1.20 bits per heavy atom. The van der Waals surface area contributed by atoms with E-state index in [1.165, 1.54) is 0 Å². The summed E-state index contributed by atoms with van der Waals surface area (Å²) in [7, 11) is 0. The lowest BCUT2D eigenvalue weighted by atomic mass is 9.95. The number of nitrogens with zero attached hydrogens (tertiary/aromatic N) is 2. The first kappa shape index (κ1) is 17.6. The highest BCUT2D eigenvalue weighted by molar-refractivity contribution is 5.55. The third kappa shape index (κ3) is 4.67. The number of rotatable bonds is 4. The molecule has 2 N–H and O–H groups in total. The first-order valence-corrected chi connectivity index (χ1v) is 7.94. The third-order valence-electron chi connectivity index (χ3n) is 3.97. The van der Waals surface area contributed by atoms with Gasteiger partial charge >= 0.3 is 6.18 Å². The van der Waals surface area contributed by atoms with Gasteiger partial charge in [0, 0.05) is 25.2 Å². The van der Waals surface area contributed by atoms with E-state index in [2.05, 4.69) is 27.5 Å². The second kappa shape index (κ2) is 6.97. The molecule has 1 atom stereocenters. The number of hydrogen-bond acceptors (Lipinski definition) is 5. The van der Waals surface area contributed by atoms with Crippen LogP contribution in [0.15, 0.2) is 36.7 Å². The second-order valence-electron chi connectivity index (χ2n) is 6.26. The van der Waals surface area contributed by atoms with Crippen LogP contribution >= 0.6 is 0 Å². The molecule has 134 valence electrons. The van der Waals surface area contributed by atoms with Gasteiger partial charge in [0.1, 0.15) is 5.82 Å². The molecule has 0 radical (unpaired) electrons. The molecule has 0 aliphatic carbocycles. The highest BCUT2D eigenvalue weighted by Crippen LogP contribution is 2.27. The SMILES string of the molecule is C[C@@]1(Cc2ccc(Nc3cnc(C(F)(F)F)cn3)cc2)CNCCO1. The highest BCUT2D eigenvalue weighted by Gasteiger charge is 2.32. The predicted octanol–water partition coefficient (Wildman–Crippen LogP) is 3.16. The normalized spacial score (nSPS) is 21.1. The largest absolute Gasteiger partial charge is 0.434 e. The molecule has 0 amide bonds. The van der Waals surface area contributed by atoms with Gasteiger partial charge in [0.2, 0.25) is 0 Å². The van der Waals surface area contributed by atoms with Gasteiger partial charge in [-0.25, -0.2) is 9.97 Å². The molecular formula is C17H19F3N4O. The van der Waals surface area contributed by atoms with Gasteiger partial charge < -0.3 is 15.4 Å². The maximum atomic E-state index is 12.5. The van der Waals surface area contributed by atoms with E-state index in [-0.39, 0.29) is 11.4 Å². The molecule has 1 aliphatic heterocycles. The van der Waals surface area contributed by atoms with E-state index in [4.69, 9.17) is 4.74 Å². The Balaban J connectivity index is 1.62. The van der Waals surface area contributed by atoms with Crippen LogP contribution in [0.25, 0.3) is 0 Å². The summed E-state index contributed by atoms with van der Waals surface area (Å²) >= 11 is 0. The molecule has 1 aromatic carbocycles. The van der Waals surface area contributed by atoms with E-state index in [0.29, 0.717) is 12.8 Å². The third-order valence-corrected chi connectivity index (χ3v) is 3.97. The zero-order valence-corrected chi connectivity index (χ0v) is 13.7. The molecule has 5 nitrogen and oxygen atoms in total. The van der Waals surface area contributed by atoms with Gasteiger partial charge in [0.15, 0.2) is 5.69 Å². The number of hydrogen-bond donors (Lipinski definition) is 2. The number of aromatic nitrogens is 2. The first-order valence-electron chi connectivity index (χ1n) is 7.94. The van der Waals surface area contributed by atoms with Crippen molar-refractivity contribution in [1.82, 2.24) is 15.3 Å². The van der Waals surface area contributed by atoms with E-state index >= 15 is 0 Å². The average Bonchev–Trinajstić information content (AvgIpc) is 2.57. The lowest BCUT2D eigenvalue weighted by molar-refractivity contribution is -0.141. The minimum absolute atomic E-state index is 0.230. The Bertz CT molecular complexity index is 695. The van der Waals surface area contributed by atoms with Crippen molar-refractivity contribution in [2.45, 2.75) is 25.1 Å². The number of alkyl halides is 3. The molecule has 8 heteroatoms. The van der Waals surface area contributed by atoms with Crippen LogP contribution in [0.2, 0.25) is 0 Å². The lowest BCUT2D eigenvalue weighted by Crippen LogP contribution is -2.48. The summed E-state index contributed by atoms with van der Waals surface area (Å²) in [6, 6.07) is 7.63. The van der Waals surface area contributed by atoms with Crippen LogP contribution in [0, 0.1) is 0 Å². The highest BCUT2D eigenvalue weighted by atomic mass is 19.4. The number of anilines is 2. The fourth-order valence-corrected chi connectivity index (χ4v) is 2.71. The van der Waals surface area contributed by atoms with Crippen LogP contribution < -0.4 is 10.6 Å². The van der Waals surface area contributed by atoms with Gasteiger partial charge in [-0.05, 0) is 24.6 Å². The molecule has 3 rings (SSSR count). The molecule has 1 fully saturated rings. The van der Waals surface area contributed by atoms with Crippen LogP contribution in [0.5, 0.6) is 0 Å². The fourth-order valence-electron chi connectivity index (χ4n) is 2.71. The monoisotopic (exact) mass is 352 g/mol. The molecule has 1 saturated heterocycles. The Labute approximate surface area is 143 Å². The summed E-state index contributed by atoms with van der Waals surface area (Å²) in [4.78, 5) is 7.12. The summed E-state index contributed by atoms with van der Waals surface area (Å²) in [6.07, 6.45) is -1.93. The number of halogens is 3. The van der Waals surface area contributed by atoms with Gasteiger partial charge in [-0.2, -0.15) is 13.2 Å². The maximum absolute atomic E-state index is 12.5. The van der Waals surface area contributed by atoms with Crippen molar-refractivity contribution in [3.63, 3.8) is 0 Å². The summed E-state index contributed by atoms with van der Waals surface area (Å²) in [5, 5.41) is 6.26. The van der Waals surface area contributed by atoms with Crippen molar-refractivity contribution in [1.29, 1.82) is 0 Å². The summed E-state index contributed by atoms with van der Waals surface area (Å²) in [6.45, 7) is 4.44. The van der Waals surface area contributed by atoms with Gasteiger partial charge in [0.05, 0.1) is 24.6 Å². The quantitative estimate of drug-likeness (QED) is 0.885. The number of nitrogens with one attached hydrogen (secondary N) is 2. The smallest absolute Gasteiger partial charge is 0.372 e. The van der Waals surface area contributed by atoms with Crippen LogP contribution in [0.3, 0.4) is 0 Å². The van der Waals surface area contributed by atoms with Crippen molar-refractivity contribution < 1.29 is 17.9 Å². The number of benzene rings is 1. The van der Waals surface area contributed by atoms with E-state index in [0.717, 1.165) is 37.0 Å². The topological polar surface area (TPSA) is 59.1 Å². The summed E-state index contributed by atoms with van der Waals surface area (Å²) < 4.78 is 43.3. The minimum atomic E-state index is -4.49. The molecule has 0 saturated carbocycles. The molecular weight excluding hydrogens is 333 g/mol. The van der Waals surface area contributed by atoms with Crippen LogP contribution in [0.1, 0.15) is 18.2 Å². The van der Waals surface area contributed by atoms with Crippen molar-refractivity contribution >= 4 is 11.5 Å². The molecule has 2 heterocycles. The predicted molar refractivity (Wildman–Crippen MR) is 87.7 cm³/mol. The number of ether oxygens (including phenoxy) is 1.